The van der Waals surface area contributed by atoms with Gasteiger partial charge in [0.25, 0.3) is 0 Å². The largest absolute Gasteiger partial charge is 0.315 e. The fourth-order valence-corrected chi connectivity index (χ4v) is 2.24. The Morgan fingerprint density at radius 3 is 1.94 bits per heavy atom. The van der Waals surface area contributed by atoms with Crippen molar-refractivity contribution >= 4 is 0 Å². The second-order valence-corrected chi connectivity index (χ2v) is 5.49. The van der Waals surface area contributed by atoms with Crippen molar-refractivity contribution in [3.8, 4) is 0 Å². The van der Waals surface area contributed by atoms with E-state index in [9.17, 15) is 0 Å². The molecule has 1 atom stereocenters. The summed E-state index contributed by atoms with van der Waals surface area (Å²) < 4.78 is 0. The summed E-state index contributed by atoms with van der Waals surface area (Å²) in [4.78, 5) is 0. The average molecular weight is 240 g/mol. The van der Waals surface area contributed by atoms with Gasteiger partial charge in [0.1, 0.15) is 0 Å². The van der Waals surface area contributed by atoms with Crippen LogP contribution in [0.25, 0.3) is 0 Å². The van der Waals surface area contributed by atoms with Gasteiger partial charge in [0, 0.05) is 19.1 Å². The molecule has 1 aliphatic heterocycles. The van der Waals surface area contributed by atoms with Gasteiger partial charge < -0.3 is 10.6 Å². The minimum atomic E-state index is 0.790. The van der Waals surface area contributed by atoms with Gasteiger partial charge in [0.05, 0.1) is 0 Å². The minimum absolute atomic E-state index is 0.790. The molecule has 0 aromatic heterocycles. The third kappa shape index (κ3) is 10.8. The van der Waals surface area contributed by atoms with Crippen molar-refractivity contribution in [2.45, 2.75) is 77.2 Å². The van der Waals surface area contributed by atoms with Crippen molar-refractivity contribution in [2.75, 3.05) is 19.6 Å². The van der Waals surface area contributed by atoms with E-state index in [0.29, 0.717) is 0 Å². The molecular formula is C15H32N2. The standard InChI is InChI=1S/C15H32N2/c1-2-3-4-5-6-7-8-9-10-11-12-16-13-15-14-17-15/h15-17H,2-14H2,1H3. The number of unbranched alkanes of at least 4 members (excludes halogenated alkanes) is 9. The predicted octanol–water partition coefficient (Wildman–Crippen LogP) is 3.47. The number of hydrogen-bond acceptors (Lipinski definition) is 2. The number of hydrogen-bond donors (Lipinski definition) is 2. The van der Waals surface area contributed by atoms with E-state index in [2.05, 4.69) is 17.6 Å². The SMILES string of the molecule is CCCCCCCCCCCCNCC1CN1. The van der Waals surface area contributed by atoms with E-state index in [0.717, 1.165) is 6.04 Å². The Hall–Kier alpha value is -0.0800. The number of nitrogens with one attached hydrogen (secondary N) is 2. The molecule has 0 aliphatic carbocycles. The van der Waals surface area contributed by atoms with Gasteiger partial charge in [-0.3, -0.25) is 0 Å². The fourth-order valence-electron chi connectivity index (χ4n) is 2.24. The lowest BCUT2D eigenvalue weighted by Gasteiger charge is -2.03. The van der Waals surface area contributed by atoms with E-state index in [4.69, 9.17) is 0 Å². The van der Waals surface area contributed by atoms with Crippen LogP contribution in [-0.2, 0) is 0 Å². The smallest absolute Gasteiger partial charge is 0.0318 e. The van der Waals surface area contributed by atoms with Gasteiger partial charge in [0.15, 0.2) is 0 Å². The Morgan fingerprint density at radius 1 is 0.882 bits per heavy atom. The highest BCUT2D eigenvalue weighted by molar-refractivity contribution is 4.84. The lowest BCUT2D eigenvalue weighted by atomic mass is 10.1. The molecule has 2 heteroatoms. The monoisotopic (exact) mass is 240 g/mol. The second-order valence-electron chi connectivity index (χ2n) is 5.49. The first-order valence-electron chi connectivity index (χ1n) is 7.87. The van der Waals surface area contributed by atoms with Crippen LogP contribution in [0, 0.1) is 0 Å². The number of rotatable bonds is 13. The van der Waals surface area contributed by atoms with Crippen LogP contribution in [0.4, 0.5) is 0 Å². The Kier molecular flexibility index (Phi) is 9.72. The van der Waals surface area contributed by atoms with Crippen LogP contribution >= 0.6 is 0 Å². The van der Waals surface area contributed by atoms with Crippen LogP contribution in [0.3, 0.4) is 0 Å². The van der Waals surface area contributed by atoms with Gasteiger partial charge in [-0.1, -0.05) is 64.7 Å². The first-order valence-corrected chi connectivity index (χ1v) is 7.87. The molecule has 1 fully saturated rings. The van der Waals surface area contributed by atoms with E-state index in [1.54, 1.807) is 0 Å². The molecule has 0 bridgehead atoms. The highest BCUT2D eigenvalue weighted by Crippen LogP contribution is 2.10. The van der Waals surface area contributed by atoms with Crippen molar-refractivity contribution in [2.24, 2.45) is 0 Å². The van der Waals surface area contributed by atoms with E-state index >= 15 is 0 Å². The minimum Gasteiger partial charge on any atom is -0.315 e. The normalized spacial score (nSPS) is 18.5. The maximum atomic E-state index is 3.51. The summed E-state index contributed by atoms with van der Waals surface area (Å²) in [7, 11) is 0. The van der Waals surface area contributed by atoms with Gasteiger partial charge in [-0.15, -0.1) is 0 Å². The van der Waals surface area contributed by atoms with Crippen LogP contribution < -0.4 is 10.6 Å². The summed E-state index contributed by atoms with van der Waals surface area (Å²) in [6.07, 6.45) is 14.3. The van der Waals surface area contributed by atoms with Crippen molar-refractivity contribution in [1.29, 1.82) is 0 Å². The molecule has 102 valence electrons. The summed E-state index contributed by atoms with van der Waals surface area (Å²) in [5.74, 6) is 0. The first-order chi connectivity index (χ1) is 8.43. The van der Waals surface area contributed by atoms with Gasteiger partial charge >= 0.3 is 0 Å². The van der Waals surface area contributed by atoms with Gasteiger partial charge in [-0.25, -0.2) is 0 Å². The molecule has 2 nitrogen and oxygen atoms in total. The summed E-state index contributed by atoms with van der Waals surface area (Å²) in [5, 5.41) is 6.82. The third-order valence-corrected chi connectivity index (χ3v) is 3.59. The van der Waals surface area contributed by atoms with E-state index < -0.39 is 0 Å². The summed E-state index contributed by atoms with van der Waals surface area (Å²) >= 11 is 0. The molecule has 0 aromatic rings. The molecule has 1 heterocycles. The Balaban J connectivity index is 1.61. The zero-order valence-electron chi connectivity index (χ0n) is 11.8. The van der Waals surface area contributed by atoms with Crippen LogP contribution in [0.2, 0.25) is 0 Å². The molecular weight excluding hydrogens is 208 g/mol. The van der Waals surface area contributed by atoms with E-state index in [1.165, 1.54) is 83.8 Å². The van der Waals surface area contributed by atoms with Crippen LogP contribution in [-0.4, -0.2) is 25.7 Å². The highest BCUT2D eigenvalue weighted by atomic mass is 15.1. The molecule has 17 heavy (non-hydrogen) atoms. The summed E-state index contributed by atoms with van der Waals surface area (Å²) in [6.45, 7) is 5.91. The Morgan fingerprint density at radius 2 is 1.41 bits per heavy atom. The van der Waals surface area contributed by atoms with E-state index in [1.807, 2.05) is 0 Å². The second kappa shape index (κ2) is 11.0. The molecule has 1 unspecified atom stereocenters. The van der Waals surface area contributed by atoms with Gasteiger partial charge in [-0.2, -0.15) is 0 Å². The Bertz CT molecular complexity index is 155. The predicted molar refractivity (Wildman–Crippen MR) is 76.5 cm³/mol. The maximum absolute atomic E-state index is 3.51. The topological polar surface area (TPSA) is 34.0 Å². The lowest BCUT2D eigenvalue weighted by molar-refractivity contribution is 0.543. The van der Waals surface area contributed by atoms with Gasteiger partial charge in [0.2, 0.25) is 0 Å². The third-order valence-electron chi connectivity index (χ3n) is 3.59. The molecule has 1 aliphatic rings. The zero-order valence-corrected chi connectivity index (χ0v) is 11.8. The Labute approximate surface area is 108 Å². The molecule has 1 rings (SSSR count). The molecule has 1 saturated heterocycles. The average Bonchev–Trinajstić information content (AvgIpc) is 3.15. The first kappa shape index (κ1) is 15.0. The molecule has 0 spiro atoms. The van der Waals surface area contributed by atoms with Crippen LogP contribution in [0.15, 0.2) is 0 Å². The van der Waals surface area contributed by atoms with Crippen LogP contribution in [0.5, 0.6) is 0 Å². The molecule has 0 aromatic carbocycles. The molecule has 0 amide bonds. The maximum Gasteiger partial charge on any atom is 0.0318 e. The van der Waals surface area contributed by atoms with Crippen molar-refractivity contribution in [1.82, 2.24) is 10.6 Å². The highest BCUT2D eigenvalue weighted by Gasteiger charge is 2.18. The van der Waals surface area contributed by atoms with Crippen molar-refractivity contribution in [3.05, 3.63) is 0 Å². The molecule has 2 N–H and O–H groups in total. The quantitative estimate of drug-likeness (QED) is 0.382. The van der Waals surface area contributed by atoms with Crippen molar-refractivity contribution < 1.29 is 0 Å². The summed E-state index contributed by atoms with van der Waals surface area (Å²) in [5.41, 5.74) is 0. The van der Waals surface area contributed by atoms with Crippen LogP contribution in [0.1, 0.15) is 71.1 Å². The van der Waals surface area contributed by atoms with E-state index in [-0.39, 0.29) is 0 Å². The van der Waals surface area contributed by atoms with Crippen molar-refractivity contribution in [3.63, 3.8) is 0 Å². The molecule has 0 saturated carbocycles. The zero-order chi connectivity index (χ0) is 12.2. The lowest BCUT2D eigenvalue weighted by Crippen LogP contribution is -2.21. The summed E-state index contributed by atoms with van der Waals surface area (Å²) in [6, 6.07) is 0.790. The fraction of sp³-hybridized carbons (Fsp3) is 1.00. The van der Waals surface area contributed by atoms with Gasteiger partial charge in [-0.05, 0) is 13.0 Å². The molecule has 0 radical (unpaired) electrons.